The van der Waals surface area contributed by atoms with Crippen LogP contribution >= 0.6 is 0 Å². The Bertz CT molecular complexity index is 633. The summed E-state index contributed by atoms with van der Waals surface area (Å²) < 4.78 is 5.61. The van der Waals surface area contributed by atoms with E-state index < -0.39 is 0 Å². The van der Waals surface area contributed by atoms with Gasteiger partial charge in [0.25, 0.3) is 0 Å². The van der Waals surface area contributed by atoms with E-state index in [4.69, 9.17) is 4.74 Å². The summed E-state index contributed by atoms with van der Waals surface area (Å²) in [5, 5.41) is 3.51. The highest BCUT2D eigenvalue weighted by atomic mass is 16.5. The van der Waals surface area contributed by atoms with Gasteiger partial charge in [0, 0.05) is 13.0 Å². The van der Waals surface area contributed by atoms with Crippen LogP contribution in [0.5, 0.6) is 5.75 Å². The summed E-state index contributed by atoms with van der Waals surface area (Å²) in [5.74, 6) is 1.05. The average molecular weight is 281 g/mol. The van der Waals surface area contributed by atoms with Crippen LogP contribution in [0, 0.1) is 6.92 Å². The normalized spacial score (nSPS) is 13.0. The van der Waals surface area contributed by atoms with Crippen molar-refractivity contribution in [2.45, 2.75) is 33.2 Å². The van der Waals surface area contributed by atoms with Crippen molar-refractivity contribution in [1.82, 2.24) is 5.32 Å². The van der Waals surface area contributed by atoms with E-state index in [0.717, 1.165) is 38.3 Å². The molecule has 0 radical (unpaired) electrons. The van der Waals surface area contributed by atoms with Gasteiger partial charge in [-0.1, -0.05) is 36.8 Å². The average Bonchev–Trinajstić information content (AvgIpc) is 2.96. The first-order chi connectivity index (χ1) is 10.3. The van der Waals surface area contributed by atoms with Gasteiger partial charge in [-0.2, -0.15) is 0 Å². The summed E-state index contributed by atoms with van der Waals surface area (Å²) >= 11 is 0. The Kier molecular flexibility index (Phi) is 4.26. The van der Waals surface area contributed by atoms with Gasteiger partial charge in [0.2, 0.25) is 0 Å². The molecule has 0 aromatic heterocycles. The third-order valence-electron chi connectivity index (χ3n) is 4.01. The predicted octanol–water partition coefficient (Wildman–Crippen LogP) is 4.10. The fourth-order valence-electron chi connectivity index (χ4n) is 2.87. The van der Waals surface area contributed by atoms with E-state index in [0.29, 0.717) is 0 Å². The van der Waals surface area contributed by atoms with E-state index >= 15 is 0 Å². The maximum absolute atomic E-state index is 5.61. The zero-order chi connectivity index (χ0) is 14.7. The van der Waals surface area contributed by atoms with Crippen molar-refractivity contribution in [3.63, 3.8) is 0 Å². The second kappa shape index (κ2) is 6.31. The zero-order valence-corrected chi connectivity index (χ0v) is 12.9. The highest BCUT2D eigenvalue weighted by Crippen LogP contribution is 2.32. The van der Waals surface area contributed by atoms with E-state index in [9.17, 15) is 0 Å². The molecular formula is C19H23NO. The first-order valence-corrected chi connectivity index (χ1v) is 7.84. The highest BCUT2D eigenvalue weighted by molar-refractivity contribution is 5.70. The number of aryl methyl sites for hydroxylation is 1. The summed E-state index contributed by atoms with van der Waals surface area (Å²) in [7, 11) is 0. The number of benzene rings is 2. The molecule has 0 atom stereocenters. The number of fused-ring (bicyclic) bond motifs is 1. The summed E-state index contributed by atoms with van der Waals surface area (Å²) in [6.45, 7) is 7.16. The van der Waals surface area contributed by atoms with Gasteiger partial charge in [0.05, 0.1) is 6.61 Å². The monoisotopic (exact) mass is 281 g/mol. The molecule has 3 rings (SSSR count). The SMILES string of the molecule is CCCNCc1ccc(C)cc1-c1ccc2c(c1)CCO2. The first-order valence-electron chi connectivity index (χ1n) is 7.84. The minimum atomic E-state index is 0.817. The molecule has 1 aliphatic rings. The topological polar surface area (TPSA) is 21.3 Å². The number of hydrogen-bond donors (Lipinski definition) is 1. The van der Waals surface area contributed by atoms with Crippen LogP contribution in [0.25, 0.3) is 11.1 Å². The molecule has 0 aliphatic carbocycles. The maximum atomic E-state index is 5.61. The van der Waals surface area contributed by atoms with E-state index in [1.54, 1.807) is 0 Å². The van der Waals surface area contributed by atoms with Gasteiger partial charge in [0.15, 0.2) is 0 Å². The van der Waals surface area contributed by atoms with Gasteiger partial charge in [-0.3, -0.25) is 0 Å². The van der Waals surface area contributed by atoms with Crippen LogP contribution in [0.4, 0.5) is 0 Å². The molecule has 0 saturated heterocycles. The summed E-state index contributed by atoms with van der Waals surface area (Å²) in [4.78, 5) is 0. The van der Waals surface area contributed by atoms with Gasteiger partial charge in [-0.15, -0.1) is 0 Å². The molecular weight excluding hydrogens is 258 g/mol. The maximum Gasteiger partial charge on any atom is 0.122 e. The van der Waals surface area contributed by atoms with E-state index in [2.05, 4.69) is 55.6 Å². The Morgan fingerprint density at radius 3 is 2.90 bits per heavy atom. The molecule has 2 nitrogen and oxygen atoms in total. The minimum Gasteiger partial charge on any atom is -0.493 e. The number of nitrogens with one attached hydrogen (secondary N) is 1. The Morgan fingerprint density at radius 2 is 2.05 bits per heavy atom. The molecule has 0 saturated carbocycles. The largest absolute Gasteiger partial charge is 0.493 e. The van der Waals surface area contributed by atoms with Crippen molar-refractivity contribution < 1.29 is 4.74 Å². The Hall–Kier alpha value is -1.80. The molecule has 1 heterocycles. The molecule has 21 heavy (non-hydrogen) atoms. The van der Waals surface area contributed by atoms with Crippen molar-refractivity contribution in [3.05, 3.63) is 53.1 Å². The molecule has 0 fully saturated rings. The summed E-state index contributed by atoms with van der Waals surface area (Å²) in [6.07, 6.45) is 2.19. The molecule has 1 aliphatic heterocycles. The lowest BCUT2D eigenvalue weighted by molar-refractivity contribution is 0.357. The molecule has 2 aromatic carbocycles. The van der Waals surface area contributed by atoms with Crippen LogP contribution in [0.1, 0.15) is 30.0 Å². The third kappa shape index (κ3) is 3.11. The quantitative estimate of drug-likeness (QED) is 0.833. The lowest BCUT2D eigenvalue weighted by atomic mass is 9.95. The van der Waals surface area contributed by atoms with Crippen LogP contribution in [0.3, 0.4) is 0 Å². The van der Waals surface area contributed by atoms with Gasteiger partial charge >= 0.3 is 0 Å². The summed E-state index contributed by atoms with van der Waals surface area (Å²) in [6, 6.07) is 13.3. The third-order valence-corrected chi connectivity index (χ3v) is 4.01. The molecule has 0 bridgehead atoms. The number of ether oxygens (including phenoxy) is 1. The molecule has 1 N–H and O–H groups in total. The lowest BCUT2D eigenvalue weighted by Gasteiger charge is -2.13. The molecule has 110 valence electrons. The Morgan fingerprint density at radius 1 is 1.14 bits per heavy atom. The minimum absolute atomic E-state index is 0.817. The highest BCUT2D eigenvalue weighted by Gasteiger charge is 2.14. The van der Waals surface area contributed by atoms with Crippen molar-refractivity contribution in [2.75, 3.05) is 13.2 Å². The Labute approximate surface area is 127 Å². The van der Waals surface area contributed by atoms with Crippen molar-refractivity contribution >= 4 is 0 Å². The lowest BCUT2D eigenvalue weighted by Crippen LogP contribution is -2.14. The molecule has 2 heteroatoms. The van der Waals surface area contributed by atoms with Crippen molar-refractivity contribution in [1.29, 1.82) is 0 Å². The van der Waals surface area contributed by atoms with Crippen LogP contribution in [0.2, 0.25) is 0 Å². The number of hydrogen-bond acceptors (Lipinski definition) is 2. The van der Waals surface area contributed by atoms with Gasteiger partial charge in [-0.25, -0.2) is 0 Å². The fraction of sp³-hybridized carbons (Fsp3) is 0.368. The van der Waals surface area contributed by atoms with Crippen molar-refractivity contribution in [2.24, 2.45) is 0 Å². The first kappa shape index (κ1) is 14.2. The second-order valence-electron chi connectivity index (χ2n) is 5.76. The molecule has 0 spiro atoms. The van der Waals surface area contributed by atoms with Crippen LogP contribution < -0.4 is 10.1 Å². The Balaban J connectivity index is 1.94. The van der Waals surface area contributed by atoms with Gasteiger partial charge in [-0.05, 0) is 54.3 Å². The van der Waals surface area contributed by atoms with Crippen LogP contribution in [-0.2, 0) is 13.0 Å². The van der Waals surface area contributed by atoms with E-state index in [1.807, 2.05) is 0 Å². The second-order valence-corrected chi connectivity index (χ2v) is 5.76. The standard InChI is InChI=1S/C19H23NO/c1-3-9-20-13-17-5-4-14(2)11-18(17)15-6-7-19-16(12-15)8-10-21-19/h4-7,11-12,20H,3,8-10,13H2,1-2H3. The summed E-state index contributed by atoms with van der Waals surface area (Å²) in [5.41, 5.74) is 6.65. The van der Waals surface area contributed by atoms with Crippen molar-refractivity contribution in [3.8, 4) is 16.9 Å². The zero-order valence-electron chi connectivity index (χ0n) is 12.9. The van der Waals surface area contributed by atoms with Gasteiger partial charge in [0.1, 0.15) is 5.75 Å². The number of rotatable bonds is 5. The molecule has 2 aromatic rings. The molecule has 0 unspecified atom stereocenters. The van der Waals surface area contributed by atoms with Crippen LogP contribution in [-0.4, -0.2) is 13.2 Å². The predicted molar refractivity (Wildman–Crippen MR) is 87.8 cm³/mol. The molecule has 0 amide bonds. The van der Waals surface area contributed by atoms with E-state index in [-0.39, 0.29) is 0 Å². The fourth-order valence-corrected chi connectivity index (χ4v) is 2.87. The van der Waals surface area contributed by atoms with Crippen LogP contribution in [0.15, 0.2) is 36.4 Å². The smallest absolute Gasteiger partial charge is 0.122 e. The van der Waals surface area contributed by atoms with E-state index in [1.165, 1.54) is 27.8 Å². The van der Waals surface area contributed by atoms with Gasteiger partial charge < -0.3 is 10.1 Å².